The van der Waals surface area contributed by atoms with E-state index in [0.29, 0.717) is 41.6 Å². The van der Waals surface area contributed by atoms with Crippen molar-refractivity contribution in [2.75, 3.05) is 63.6 Å². The fraction of sp³-hybridized carbons (Fsp3) is 0.395. The number of nitrogens with one attached hydrogen (secondary N) is 1. The van der Waals surface area contributed by atoms with Crippen molar-refractivity contribution in [3.8, 4) is 45.3 Å². The summed E-state index contributed by atoms with van der Waals surface area (Å²) >= 11 is 6.64. The van der Waals surface area contributed by atoms with E-state index < -0.39 is 0 Å². The zero-order chi connectivity index (χ0) is 38.9. The summed E-state index contributed by atoms with van der Waals surface area (Å²) in [5.41, 5.74) is 5.02. The van der Waals surface area contributed by atoms with E-state index in [9.17, 15) is 0 Å². The number of anilines is 2. The van der Waals surface area contributed by atoms with E-state index >= 15 is 0 Å². The van der Waals surface area contributed by atoms with E-state index in [1.165, 1.54) is 0 Å². The van der Waals surface area contributed by atoms with Crippen LogP contribution in [0, 0.1) is 0 Å². The maximum Gasteiger partial charge on any atom is 0.244 e. The largest absolute Gasteiger partial charge is 0.497 e. The van der Waals surface area contributed by atoms with Crippen molar-refractivity contribution in [2.24, 2.45) is 0 Å². The summed E-state index contributed by atoms with van der Waals surface area (Å²) in [6, 6.07) is 20.2. The second-order valence-electron chi connectivity index (χ2n) is 14.0. The van der Waals surface area contributed by atoms with Gasteiger partial charge in [0, 0.05) is 55.5 Å². The van der Waals surface area contributed by atoms with Crippen LogP contribution in [0.1, 0.15) is 45.1 Å². The fourth-order valence-electron chi connectivity index (χ4n) is 7.49. The minimum atomic E-state index is 0. The van der Waals surface area contributed by atoms with Crippen LogP contribution < -0.4 is 34.3 Å². The predicted octanol–water partition coefficient (Wildman–Crippen LogP) is 8.56. The maximum atomic E-state index is 6.64. The van der Waals surface area contributed by atoms with Crippen molar-refractivity contribution in [1.29, 1.82) is 0 Å². The summed E-state index contributed by atoms with van der Waals surface area (Å²) in [6.07, 6.45) is 11.3. The third-order valence-corrected chi connectivity index (χ3v) is 10.8. The van der Waals surface area contributed by atoms with Crippen molar-refractivity contribution in [3.63, 3.8) is 0 Å². The quantitative estimate of drug-likeness (QED) is 0.102. The molecule has 2 saturated heterocycles. The first-order valence-corrected chi connectivity index (χ1v) is 19.9. The molecule has 0 amide bonds. The first kappa shape index (κ1) is 44.5. The zero-order valence-electron chi connectivity index (χ0n) is 33.5. The Hall–Kier alpha value is -4.59. The average molecular weight is 852 g/mol. The maximum absolute atomic E-state index is 6.64. The Morgan fingerprint density at radius 1 is 0.638 bits per heavy atom. The van der Waals surface area contributed by atoms with Gasteiger partial charge in [-0.3, -0.25) is 4.90 Å². The topological polar surface area (TPSA) is 110 Å². The van der Waals surface area contributed by atoms with E-state index in [1.54, 1.807) is 14.2 Å². The molecular weight excluding hydrogens is 799 g/mol. The van der Waals surface area contributed by atoms with E-state index in [2.05, 4.69) is 20.2 Å². The Labute approximate surface area is 359 Å². The summed E-state index contributed by atoms with van der Waals surface area (Å²) in [6.45, 7) is 9.30. The molecule has 0 atom stereocenters. The van der Waals surface area contributed by atoms with Gasteiger partial charge < -0.3 is 24.3 Å². The lowest BCUT2D eigenvalue weighted by Crippen LogP contribution is -2.59. The van der Waals surface area contributed by atoms with Crippen LogP contribution >= 0.6 is 36.4 Å². The van der Waals surface area contributed by atoms with Crippen LogP contribution in [0.4, 0.5) is 11.9 Å². The minimum absolute atomic E-state index is 0. The molecule has 4 heterocycles. The monoisotopic (exact) mass is 850 g/mol. The first-order valence-electron chi connectivity index (χ1n) is 19.5. The van der Waals surface area contributed by atoms with E-state index in [-0.39, 0.29) is 36.9 Å². The van der Waals surface area contributed by atoms with Gasteiger partial charge in [0.1, 0.15) is 28.0 Å². The van der Waals surface area contributed by atoms with Crippen molar-refractivity contribution in [3.05, 3.63) is 96.0 Å². The number of aromatic nitrogens is 4. The number of nitrogens with zero attached hydrogens (tertiary/aromatic N) is 7. The molecule has 58 heavy (non-hydrogen) atoms. The molecule has 2 aliphatic heterocycles. The molecule has 1 N–H and O–H groups in total. The van der Waals surface area contributed by atoms with E-state index in [1.807, 2.05) is 99.3 Å². The molecule has 5 aromatic rings. The molecule has 0 saturated carbocycles. The summed E-state index contributed by atoms with van der Waals surface area (Å²) < 4.78 is 22.5. The number of rotatable bonds is 15. The predicted molar refractivity (Wildman–Crippen MR) is 235 cm³/mol. The molecule has 0 aliphatic carbocycles. The molecule has 3 aromatic carbocycles. The van der Waals surface area contributed by atoms with Crippen molar-refractivity contribution < 1.29 is 18.9 Å². The number of hydrazine groups is 1. The van der Waals surface area contributed by atoms with Gasteiger partial charge in [0.05, 0.1) is 39.5 Å². The summed E-state index contributed by atoms with van der Waals surface area (Å²) in [5, 5.41) is 8.62. The normalized spacial score (nSPS) is 14.8. The number of benzene rings is 3. The summed E-state index contributed by atoms with van der Waals surface area (Å²) in [4.78, 5) is 22.6. The van der Waals surface area contributed by atoms with Gasteiger partial charge >= 0.3 is 0 Å². The van der Waals surface area contributed by atoms with Crippen LogP contribution in [-0.4, -0.2) is 90.5 Å². The highest BCUT2D eigenvalue weighted by Gasteiger charge is 2.37. The second-order valence-corrected chi connectivity index (χ2v) is 14.3. The molecular formula is C43H53Cl3N8O4. The number of hydrogen-bond donors (Lipinski definition) is 1. The molecule has 0 radical (unpaired) electrons. The number of methoxy groups -OCH3 is 2. The minimum Gasteiger partial charge on any atom is -0.497 e. The average Bonchev–Trinajstić information content (AvgIpc) is 3.25. The molecule has 0 spiro atoms. The van der Waals surface area contributed by atoms with Gasteiger partial charge in [0.15, 0.2) is 0 Å². The second kappa shape index (κ2) is 21.4. The highest BCUT2D eigenvalue weighted by atomic mass is 35.5. The SMILES string of the molecule is CCOc1cc(CN2CCC(N(c3ncc(-c4ccc(OC)cc4)cn3)N(c3ncc(-c4ccc(OC)cc4)cn3)C3CCNCC3)CC2)cc(OCC)c1Cl.Cl.Cl. The molecule has 2 aromatic heterocycles. The molecule has 0 bridgehead atoms. The number of ether oxygens (including phenoxy) is 4. The standard InChI is InChI=1S/C43H51ClN8O4.2ClH/c1-5-55-39-23-30(24-40(41(39)44)56-6-2)29-50-21-17-36(18-22-50)52(43-48-27-34(28-49-43)32-9-13-38(54-4)14-10-32)51(35-15-19-45-20-16-35)42-46-25-33(26-47-42)31-7-11-37(53-3)12-8-31;;/h7-14,23-28,35-36,45H,5-6,15-22,29H2,1-4H3;2*1H. The lowest BCUT2D eigenvalue weighted by Gasteiger charge is -2.47. The summed E-state index contributed by atoms with van der Waals surface area (Å²) in [5.74, 6) is 4.18. The Kier molecular flexibility index (Phi) is 16.4. The number of halogens is 3. The van der Waals surface area contributed by atoms with Crippen LogP contribution in [0.5, 0.6) is 23.0 Å². The molecule has 7 rings (SSSR count). The molecule has 310 valence electrons. The van der Waals surface area contributed by atoms with Crippen LogP contribution in [0.15, 0.2) is 85.5 Å². The van der Waals surface area contributed by atoms with Gasteiger partial charge in [-0.05, 0) is 106 Å². The van der Waals surface area contributed by atoms with Crippen LogP contribution in [-0.2, 0) is 6.54 Å². The molecule has 15 heteroatoms. The Morgan fingerprint density at radius 2 is 1.05 bits per heavy atom. The number of hydrogen-bond acceptors (Lipinski definition) is 12. The smallest absolute Gasteiger partial charge is 0.244 e. The van der Waals surface area contributed by atoms with Gasteiger partial charge in [-0.15, -0.1) is 24.8 Å². The first-order chi connectivity index (χ1) is 27.5. The van der Waals surface area contributed by atoms with Crippen molar-refractivity contribution in [1.82, 2.24) is 30.2 Å². The van der Waals surface area contributed by atoms with Crippen LogP contribution in [0.3, 0.4) is 0 Å². The van der Waals surface area contributed by atoms with Crippen LogP contribution in [0.2, 0.25) is 5.02 Å². The van der Waals surface area contributed by atoms with Crippen LogP contribution in [0.25, 0.3) is 22.3 Å². The Bertz CT molecular complexity index is 1970. The van der Waals surface area contributed by atoms with Gasteiger partial charge in [-0.1, -0.05) is 35.9 Å². The van der Waals surface area contributed by atoms with Gasteiger partial charge in [-0.2, -0.15) is 0 Å². The van der Waals surface area contributed by atoms with Crippen molar-refractivity contribution in [2.45, 2.75) is 58.2 Å². The van der Waals surface area contributed by atoms with Gasteiger partial charge in [-0.25, -0.2) is 30.0 Å². The lowest BCUT2D eigenvalue weighted by atomic mass is 10.0. The number of piperidine rings is 2. The van der Waals surface area contributed by atoms with E-state index in [0.717, 1.165) is 97.7 Å². The fourth-order valence-corrected chi connectivity index (χ4v) is 7.70. The molecule has 2 fully saturated rings. The third-order valence-electron chi connectivity index (χ3n) is 10.4. The zero-order valence-corrected chi connectivity index (χ0v) is 35.9. The summed E-state index contributed by atoms with van der Waals surface area (Å²) in [7, 11) is 3.34. The van der Waals surface area contributed by atoms with E-state index in [4.69, 9.17) is 50.5 Å². The molecule has 2 aliphatic rings. The van der Waals surface area contributed by atoms with Gasteiger partial charge in [0.2, 0.25) is 11.9 Å². The van der Waals surface area contributed by atoms with Gasteiger partial charge in [0.25, 0.3) is 0 Å². The molecule has 0 unspecified atom stereocenters. The Balaban J connectivity index is 0.00000320. The highest BCUT2D eigenvalue weighted by molar-refractivity contribution is 6.33. The highest BCUT2D eigenvalue weighted by Crippen LogP contribution is 2.37. The Morgan fingerprint density at radius 3 is 1.45 bits per heavy atom. The molecule has 12 nitrogen and oxygen atoms in total. The lowest BCUT2D eigenvalue weighted by molar-refractivity contribution is 0.196. The number of likely N-dealkylation sites (tertiary alicyclic amines) is 1. The van der Waals surface area contributed by atoms with Crippen molar-refractivity contribution >= 4 is 48.3 Å². The third kappa shape index (κ3) is 10.5.